The number of anilines is 1. The number of nitrogens with one attached hydrogen (secondary N) is 1. The number of rotatable bonds is 6. The Morgan fingerprint density at radius 2 is 1.63 bits per heavy atom. The van der Waals surface area contributed by atoms with E-state index < -0.39 is 11.0 Å². The van der Waals surface area contributed by atoms with Crippen molar-refractivity contribution in [3.05, 3.63) is 89.0 Å². The van der Waals surface area contributed by atoms with Gasteiger partial charge in [-0.2, -0.15) is 0 Å². The van der Waals surface area contributed by atoms with E-state index in [1.165, 1.54) is 18.2 Å². The summed E-state index contributed by atoms with van der Waals surface area (Å²) in [7, 11) is 0. The van der Waals surface area contributed by atoms with E-state index in [4.69, 9.17) is 4.74 Å². The molecule has 0 aromatic heterocycles. The maximum absolute atomic E-state index is 12.3. The molecular formula is C21H18N2O4. The molecule has 0 saturated heterocycles. The quantitative estimate of drug-likeness (QED) is 0.510. The van der Waals surface area contributed by atoms with Gasteiger partial charge in [-0.1, -0.05) is 48.5 Å². The molecule has 0 saturated carbocycles. The van der Waals surface area contributed by atoms with Gasteiger partial charge in [0.1, 0.15) is 5.75 Å². The number of carbonyl (C=O) groups is 1. The minimum atomic E-state index is -0.758. The Hall–Kier alpha value is -3.67. The van der Waals surface area contributed by atoms with Crippen molar-refractivity contribution in [3.63, 3.8) is 0 Å². The van der Waals surface area contributed by atoms with E-state index in [9.17, 15) is 14.9 Å². The average molecular weight is 362 g/mol. The molecule has 1 atom stereocenters. The van der Waals surface area contributed by atoms with Gasteiger partial charge in [-0.25, -0.2) is 0 Å². The zero-order chi connectivity index (χ0) is 19.2. The zero-order valence-corrected chi connectivity index (χ0v) is 14.7. The molecule has 0 aliphatic carbocycles. The number of hydrogen-bond acceptors (Lipinski definition) is 4. The van der Waals surface area contributed by atoms with Gasteiger partial charge in [-0.15, -0.1) is 0 Å². The van der Waals surface area contributed by atoms with Crippen molar-refractivity contribution in [2.24, 2.45) is 0 Å². The van der Waals surface area contributed by atoms with Crippen LogP contribution in [0.1, 0.15) is 6.92 Å². The maximum Gasteiger partial charge on any atom is 0.271 e. The third-order valence-electron chi connectivity index (χ3n) is 3.97. The van der Waals surface area contributed by atoms with Crippen LogP contribution in [0.4, 0.5) is 11.4 Å². The first-order valence-electron chi connectivity index (χ1n) is 8.40. The van der Waals surface area contributed by atoms with Gasteiger partial charge in [0.2, 0.25) is 0 Å². The van der Waals surface area contributed by atoms with Crippen LogP contribution >= 0.6 is 0 Å². The second-order valence-corrected chi connectivity index (χ2v) is 5.95. The lowest BCUT2D eigenvalue weighted by molar-refractivity contribution is -0.384. The molecule has 6 heteroatoms. The van der Waals surface area contributed by atoms with E-state index in [-0.39, 0.29) is 11.6 Å². The predicted octanol–water partition coefficient (Wildman–Crippen LogP) is 4.67. The normalized spacial score (nSPS) is 11.4. The lowest BCUT2D eigenvalue weighted by atomic mass is 10.1. The molecule has 0 bridgehead atoms. The van der Waals surface area contributed by atoms with Gasteiger partial charge in [-0.3, -0.25) is 14.9 Å². The maximum atomic E-state index is 12.3. The highest BCUT2D eigenvalue weighted by Gasteiger charge is 2.16. The molecule has 0 heterocycles. The van der Waals surface area contributed by atoms with E-state index in [0.717, 1.165) is 11.1 Å². The lowest BCUT2D eigenvalue weighted by Gasteiger charge is -2.15. The number of amides is 1. The molecule has 1 unspecified atom stereocenters. The summed E-state index contributed by atoms with van der Waals surface area (Å²) in [6.07, 6.45) is -0.758. The third-order valence-corrected chi connectivity index (χ3v) is 3.97. The fraction of sp³-hybridized carbons (Fsp3) is 0.0952. The highest BCUT2D eigenvalue weighted by atomic mass is 16.6. The van der Waals surface area contributed by atoms with Crippen molar-refractivity contribution in [3.8, 4) is 16.9 Å². The van der Waals surface area contributed by atoms with Crippen LogP contribution in [-0.4, -0.2) is 16.9 Å². The molecule has 3 aromatic rings. The summed E-state index contributed by atoms with van der Waals surface area (Å²) in [5.74, 6) is 0.180. The Balaban J connectivity index is 1.63. The molecule has 0 fully saturated rings. The smallest absolute Gasteiger partial charge is 0.271 e. The number of ether oxygens (including phenoxy) is 1. The van der Waals surface area contributed by atoms with E-state index in [0.29, 0.717) is 11.4 Å². The summed E-state index contributed by atoms with van der Waals surface area (Å²) in [5.41, 5.74) is 2.42. The molecule has 0 spiro atoms. The van der Waals surface area contributed by atoms with E-state index in [1.807, 2.05) is 42.5 Å². The van der Waals surface area contributed by atoms with Gasteiger partial charge >= 0.3 is 0 Å². The van der Waals surface area contributed by atoms with E-state index >= 15 is 0 Å². The zero-order valence-electron chi connectivity index (χ0n) is 14.7. The van der Waals surface area contributed by atoms with Gasteiger partial charge in [0.05, 0.1) is 4.92 Å². The van der Waals surface area contributed by atoms with Crippen molar-refractivity contribution in [1.29, 1.82) is 0 Å². The molecule has 0 radical (unpaired) electrons. The number of nitro groups is 1. The van der Waals surface area contributed by atoms with Crippen LogP contribution in [-0.2, 0) is 4.79 Å². The monoisotopic (exact) mass is 362 g/mol. The molecule has 3 rings (SSSR count). The number of nitrogens with zero attached hydrogens (tertiary/aromatic N) is 1. The second kappa shape index (κ2) is 8.14. The summed E-state index contributed by atoms with van der Waals surface area (Å²) >= 11 is 0. The number of carbonyl (C=O) groups excluding carboxylic acids is 1. The minimum absolute atomic E-state index is 0.0853. The summed E-state index contributed by atoms with van der Waals surface area (Å²) in [4.78, 5) is 22.6. The first-order chi connectivity index (χ1) is 13.0. The first kappa shape index (κ1) is 18.1. The van der Waals surface area contributed by atoms with Crippen LogP contribution in [0.15, 0.2) is 78.9 Å². The van der Waals surface area contributed by atoms with Gasteiger partial charge in [0, 0.05) is 17.8 Å². The molecule has 0 aliphatic rings. The van der Waals surface area contributed by atoms with Crippen molar-refractivity contribution in [2.75, 3.05) is 5.32 Å². The minimum Gasteiger partial charge on any atom is -0.481 e. The van der Waals surface area contributed by atoms with Gasteiger partial charge in [0.15, 0.2) is 6.10 Å². The van der Waals surface area contributed by atoms with Crippen molar-refractivity contribution in [1.82, 2.24) is 0 Å². The van der Waals surface area contributed by atoms with Crippen LogP contribution in [0.5, 0.6) is 5.75 Å². The van der Waals surface area contributed by atoms with Crippen LogP contribution in [0.2, 0.25) is 0 Å². The molecule has 6 nitrogen and oxygen atoms in total. The van der Waals surface area contributed by atoms with E-state index in [2.05, 4.69) is 5.32 Å². The molecule has 0 aliphatic heterocycles. The number of nitro benzene ring substituents is 1. The van der Waals surface area contributed by atoms with Crippen LogP contribution < -0.4 is 10.1 Å². The largest absolute Gasteiger partial charge is 0.481 e. The SMILES string of the molecule is CC(Oc1ccc(-c2ccccc2)cc1)C(=O)Nc1cccc([N+](=O)[O-])c1. The molecule has 1 N–H and O–H groups in total. The Kier molecular flexibility index (Phi) is 5.47. The van der Waals surface area contributed by atoms with Crippen LogP contribution in [0.3, 0.4) is 0 Å². The topological polar surface area (TPSA) is 81.5 Å². The highest BCUT2D eigenvalue weighted by Crippen LogP contribution is 2.23. The molecule has 1 amide bonds. The first-order valence-corrected chi connectivity index (χ1v) is 8.40. The Morgan fingerprint density at radius 1 is 0.963 bits per heavy atom. The fourth-order valence-electron chi connectivity index (χ4n) is 2.56. The number of hydrogen-bond donors (Lipinski definition) is 1. The lowest BCUT2D eigenvalue weighted by Crippen LogP contribution is -2.30. The fourth-order valence-corrected chi connectivity index (χ4v) is 2.56. The second-order valence-electron chi connectivity index (χ2n) is 5.95. The van der Waals surface area contributed by atoms with Gasteiger partial charge < -0.3 is 10.1 Å². The molecule has 3 aromatic carbocycles. The number of non-ortho nitro benzene ring substituents is 1. The summed E-state index contributed by atoms with van der Waals surface area (Å²) in [5, 5.41) is 13.4. The van der Waals surface area contributed by atoms with Crippen LogP contribution in [0, 0.1) is 10.1 Å². The van der Waals surface area contributed by atoms with Crippen molar-refractivity contribution >= 4 is 17.3 Å². The molecular weight excluding hydrogens is 344 g/mol. The summed E-state index contributed by atoms with van der Waals surface area (Å²) in [6.45, 7) is 1.62. The average Bonchev–Trinajstić information content (AvgIpc) is 2.69. The Morgan fingerprint density at radius 3 is 2.30 bits per heavy atom. The molecule has 27 heavy (non-hydrogen) atoms. The summed E-state index contributed by atoms with van der Waals surface area (Å²) in [6, 6.07) is 23.2. The summed E-state index contributed by atoms with van der Waals surface area (Å²) < 4.78 is 5.67. The standard InChI is InChI=1S/C21H18N2O4/c1-15(21(24)22-18-8-5-9-19(14-18)23(25)26)27-20-12-10-17(11-13-20)16-6-3-2-4-7-16/h2-15H,1H3,(H,22,24). The van der Waals surface area contributed by atoms with Crippen molar-refractivity contribution < 1.29 is 14.5 Å². The van der Waals surface area contributed by atoms with Crippen LogP contribution in [0.25, 0.3) is 11.1 Å². The Bertz CT molecular complexity index is 940. The number of benzene rings is 3. The Labute approximate surface area is 156 Å². The predicted molar refractivity (Wildman–Crippen MR) is 104 cm³/mol. The van der Waals surface area contributed by atoms with Gasteiger partial charge in [0.25, 0.3) is 11.6 Å². The third kappa shape index (κ3) is 4.70. The highest BCUT2D eigenvalue weighted by molar-refractivity contribution is 5.94. The van der Waals surface area contributed by atoms with E-state index in [1.54, 1.807) is 25.1 Å². The molecule has 136 valence electrons. The van der Waals surface area contributed by atoms with Crippen molar-refractivity contribution in [2.45, 2.75) is 13.0 Å². The van der Waals surface area contributed by atoms with Gasteiger partial charge in [-0.05, 0) is 36.2 Å².